The number of carbonyl (C=O) groups excluding carboxylic acids is 1. The Labute approximate surface area is 152 Å². The molecule has 1 amide bonds. The van der Waals surface area contributed by atoms with Crippen LogP contribution in [0, 0.1) is 11.7 Å². The Kier molecular flexibility index (Phi) is 6.87. The van der Waals surface area contributed by atoms with Crippen LogP contribution in [0.25, 0.3) is 0 Å². The topological polar surface area (TPSA) is 55.6 Å². The van der Waals surface area contributed by atoms with Gasteiger partial charge >= 0.3 is 0 Å². The predicted octanol–water partition coefficient (Wildman–Crippen LogP) is 3.32. The van der Waals surface area contributed by atoms with Crippen molar-refractivity contribution in [1.82, 2.24) is 4.90 Å². The zero-order chi connectivity index (χ0) is 16.4. The van der Waals surface area contributed by atoms with Gasteiger partial charge in [-0.05, 0) is 36.5 Å². The lowest BCUT2D eigenvalue weighted by Crippen LogP contribution is -2.43. The summed E-state index contributed by atoms with van der Waals surface area (Å²) in [5, 5.41) is 0.0754. The molecular weight excluding hydrogens is 354 g/mol. The number of ether oxygens (including phenoxy) is 1. The Morgan fingerprint density at radius 3 is 2.88 bits per heavy atom. The van der Waals surface area contributed by atoms with E-state index in [1.165, 1.54) is 6.07 Å². The summed E-state index contributed by atoms with van der Waals surface area (Å²) in [5.41, 5.74) is 6.86. The summed E-state index contributed by atoms with van der Waals surface area (Å²) < 4.78 is 19.0. The molecule has 0 bridgehead atoms. The van der Waals surface area contributed by atoms with Crippen LogP contribution in [-0.2, 0) is 9.53 Å². The van der Waals surface area contributed by atoms with Gasteiger partial charge in [0.25, 0.3) is 0 Å². The normalized spacial score (nSPS) is 27.0. The summed E-state index contributed by atoms with van der Waals surface area (Å²) in [6, 6.07) is 4.71. The van der Waals surface area contributed by atoms with Gasteiger partial charge in [0.15, 0.2) is 0 Å². The molecule has 4 nitrogen and oxygen atoms in total. The maximum absolute atomic E-state index is 13.3. The van der Waals surface area contributed by atoms with Crippen molar-refractivity contribution in [3.05, 3.63) is 34.6 Å². The smallest absolute Gasteiger partial charge is 0.223 e. The first-order valence-corrected chi connectivity index (χ1v) is 8.52. The molecule has 1 saturated carbocycles. The number of halogens is 3. The van der Waals surface area contributed by atoms with Crippen LogP contribution in [-0.4, -0.2) is 36.5 Å². The second-order valence-corrected chi connectivity index (χ2v) is 6.84. The SMILES string of the molecule is Cl.N[C@@H]1CCC[C@H]1CC(=O)N1CCOC(c2ccc(F)c(Cl)c2)C1. The lowest BCUT2D eigenvalue weighted by molar-refractivity contribution is -0.140. The van der Waals surface area contributed by atoms with Crippen LogP contribution in [0.5, 0.6) is 0 Å². The minimum atomic E-state index is -0.450. The van der Waals surface area contributed by atoms with Crippen molar-refractivity contribution < 1.29 is 13.9 Å². The Morgan fingerprint density at radius 1 is 1.42 bits per heavy atom. The van der Waals surface area contributed by atoms with Gasteiger partial charge in [-0.2, -0.15) is 0 Å². The van der Waals surface area contributed by atoms with E-state index in [0.717, 1.165) is 24.8 Å². The van der Waals surface area contributed by atoms with Crippen molar-refractivity contribution in [3.8, 4) is 0 Å². The van der Waals surface area contributed by atoms with E-state index in [9.17, 15) is 9.18 Å². The number of morpholine rings is 1. The van der Waals surface area contributed by atoms with Crippen LogP contribution in [0.4, 0.5) is 4.39 Å². The zero-order valence-electron chi connectivity index (χ0n) is 13.4. The van der Waals surface area contributed by atoms with Gasteiger partial charge in [0, 0.05) is 19.0 Å². The quantitative estimate of drug-likeness (QED) is 0.879. The molecule has 7 heteroatoms. The number of nitrogens with zero attached hydrogens (tertiary/aromatic N) is 1. The van der Waals surface area contributed by atoms with Gasteiger partial charge in [-0.1, -0.05) is 24.1 Å². The maximum Gasteiger partial charge on any atom is 0.223 e. The van der Waals surface area contributed by atoms with Crippen molar-refractivity contribution >= 4 is 29.9 Å². The van der Waals surface area contributed by atoms with E-state index in [0.29, 0.717) is 32.0 Å². The molecule has 3 atom stereocenters. The Hall–Kier alpha value is -0.880. The molecular formula is C17H23Cl2FN2O2. The third-order valence-corrected chi connectivity index (χ3v) is 5.18. The summed E-state index contributed by atoms with van der Waals surface area (Å²) in [4.78, 5) is 14.4. The highest BCUT2D eigenvalue weighted by Gasteiger charge is 2.31. The number of nitrogens with two attached hydrogens (primary N) is 1. The van der Waals surface area contributed by atoms with E-state index in [4.69, 9.17) is 22.1 Å². The highest BCUT2D eigenvalue weighted by molar-refractivity contribution is 6.30. The Morgan fingerprint density at radius 2 is 2.21 bits per heavy atom. The second kappa shape index (κ2) is 8.48. The van der Waals surface area contributed by atoms with E-state index in [1.54, 1.807) is 12.1 Å². The summed E-state index contributed by atoms with van der Waals surface area (Å²) in [6.45, 7) is 1.54. The van der Waals surface area contributed by atoms with Crippen LogP contribution in [0.2, 0.25) is 5.02 Å². The van der Waals surface area contributed by atoms with E-state index in [2.05, 4.69) is 0 Å². The molecule has 134 valence electrons. The van der Waals surface area contributed by atoms with Crippen molar-refractivity contribution in [2.24, 2.45) is 11.7 Å². The predicted molar refractivity (Wildman–Crippen MR) is 93.9 cm³/mol. The third kappa shape index (κ3) is 4.39. The molecule has 24 heavy (non-hydrogen) atoms. The lowest BCUT2D eigenvalue weighted by atomic mass is 9.99. The Balaban J connectivity index is 0.00000208. The van der Waals surface area contributed by atoms with E-state index in [-0.39, 0.29) is 35.5 Å². The van der Waals surface area contributed by atoms with Crippen molar-refractivity contribution in [3.63, 3.8) is 0 Å². The number of hydrogen-bond acceptors (Lipinski definition) is 3. The number of benzene rings is 1. The molecule has 1 heterocycles. The van der Waals surface area contributed by atoms with Crippen LogP contribution in [0.1, 0.15) is 37.4 Å². The molecule has 2 fully saturated rings. The molecule has 1 saturated heterocycles. The highest BCUT2D eigenvalue weighted by Crippen LogP contribution is 2.30. The van der Waals surface area contributed by atoms with Gasteiger partial charge in [0.2, 0.25) is 5.91 Å². The third-order valence-electron chi connectivity index (χ3n) is 4.89. The monoisotopic (exact) mass is 376 g/mol. The molecule has 0 aromatic heterocycles. The maximum atomic E-state index is 13.3. The number of rotatable bonds is 3. The summed E-state index contributed by atoms with van der Waals surface area (Å²) in [6.07, 6.45) is 3.41. The fourth-order valence-electron chi connectivity index (χ4n) is 3.46. The van der Waals surface area contributed by atoms with Gasteiger partial charge in [-0.3, -0.25) is 4.79 Å². The van der Waals surface area contributed by atoms with Gasteiger partial charge in [-0.15, -0.1) is 12.4 Å². The van der Waals surface area contributed by atoms with Crippen molar-refractivity contribution in [1.29, 1.82) is 0 Å². The second-order valence-electron chi connectivity index (χ2n) is 6.43. The van der Waals surface area contributed by atoms with E-state index >= 15 is 0 Å². The molecule has 0 spiro atoms. The largest absolute Gasteiger partial charge is 0.370 e. The molecule has 1 aromatic carbocycles. The van der Waals surface area contributed by atoms with Crippen LogP contribution < -0.4 is 5.73 Å². The van der Waals surface area contributed by atoms with Gasteiger partial charge < -0.3 is 15.4 Å². The molecule has 1 aliphatic carbocycles. The highest BCUT2D eigenvalue weighted by atomic mass is 35.5. The van der Waals surface area contributed by atoms with Crippen molar-refractivity contribution in [2.45, 2.75) is 37.8 Å². The number of carbonyl (C=O) groups is 1. The summed E-state index contributed by atoms with van der Waals surface area (Å²) in [5.74, 6) is -0.0210. The lowest BCUT2D eigenvalue weighted by Gasteiger charge is -2.34. The first kappa shape index (κ1) is 19.4. The van der Waals surface area contributed by atoms with Gasteiger partial charge in [0.1, 0.15) is 11.9 Å². The van der Waals surface area contributed by atoms with Crippen molar-refractivity contribution in [2.75, 3.05) is 19.7 Å². The van der Waals surface area contributed by atoms with E-state index in [1.807, 2.05) is 4.90 Å². The molecule has 1 aromatic rings. The standard InChI is InChI=1S/C17H22ClFN2O2.ClH/c18-13-8-12(4-5-14(13)19)16-10-21(6-7-23-16)17(22)9-11-2-1-3-15(11)20;/h4-5,8,11,15-16H,1-3,6-7,9-10,20H2;1H/t11-,15+,16?;/m0./s1. The molecule has 3 rings (SSSR count). The molecule has 1 aliphatic heterocycles. The minimum absolute atomic E-state index is 0. The zero-order valence-corrected chi connectivity index (χ0v) is 15.0. The van der Waals surface area contributed by atoms with Crippen LogP contribution >= 0.6 is 24.0 Å². The summed E-state index contributed by atoms with van der Waals surface area (Å²) >= 11 is 5.84. The fourth-order valence-corrected chi connectivity index (χ4v) is 3.65. The van der Waals surface area contributed by atoms with Crippen LogP contribution in [0.3, 0.4) is 0 Å². The molecule has 0 radical (unpaired) electrons. The molecule has 2 N–H and O–H groups in total. The average Bonchev–Trinajstić information content (AvgIpc) is 2.95. The number of amides is 1. The van der Waals surface area contributed by atoms with Gasteiger partial charge in [0.05, 0.1) is 18.2 Å². The fraction of sp³-hybridized carbons (Fsp3) is 0.588. The first-order chi connectivity index (χ1) is 11.0. The number of hydrogen-bond donors (Lipinski definition) is 1. The van der Waals surface area contributed by atoms with Crippen LogP contribution in [0.15, 0.2) is 18.2 Å². The molecule has 2 aliphatic rings. The van der Waals surface area contributed by atoms with E-state index < -0.39 is 5.82 Å². The molecule has 1 unspecified atom stereocenters. The summed E-state index contributed by atoms with van der Waals surface area (Å²) in [7, 11) is 0. The van der Waals surface area contributed by atoms with Gasteiger partial charge in [-0.25, -0.2) is 4.39 Å². The average molecular weight is 377 g/mol. The minimum Gasteiger partial charge on any atom is -0.370 e. The Bertz CT molecular complexity index is 588. The first-order valence-electron chi connectivity index (χ1n) is 8.14.